The topological polar surface area (TPSA) is 28.2 Å². The van der Waals surface area contributed by atoms with Gasteiger partial charge in [-0.25, -0.2) is 0 Å². The second-order valence-electron chi connectivity index (χ2n) is 5.34. The highest BCUT2D eigenvalue weighted by Crippen LogP contribution is 2.23. The first kappa shape index (κ1) is 13.3. The van der Waals surface area contributed by atoms with Gasteiger partial charge in [0.1, 0.15) is 0 Å². The van der Waals surface area contributed by atoms with E-state index in [2.05, 4.69) is 42.0 Å². The molecule has 0 bridgehead atoms. The molecule has 1 saturated heterocycles. The van der Waals surface area contributed by atoms with E-state index in [1.165, 1.54) is 38.2 Å². The monoisotopic (exact) mass is 247 g/mol. The third kappa shape index (κ3) is 3.22. The minimum absolute atomic E-state index is 0.534. The van der Waals surface area contributed by atoms with E-state index in [-0.39, 0.29) is 0 Å². The van der Waals surface area contributed by atoms with E-state index >= 15 is 0 Å². The predicted octanol–water partition coefficient (Wildman–Crippen LogP) is 2.92. The summed E-state index contributed by atoms with van der Waals surface area (Å²) in [4.78, 5) is 6.87. The standard InChI is InChI=1S/C15H25N3/c1-4-18-10-7-14(8-11-18)12(2)17-15-6-5-9-16-13(15)3/h5-6,9,12,14,17H,4,7-8,10-11H2,1-3H3. The maximum atomic E-state index is 4.33. The van der Waals surface area contributed by atoms with Crippen LogP contribution in [0.4, 0.5) is 5.69 Å². The van der Waals surface area contributed by atoms with Gasteiger partial charge in [-0.15, -0.1) is 0 Å². The summed E-state index contributed by atoms with van der Waals surface area (Å²) in [5.41, 5.74) is 2.28. The van der Waals surface area contributed by atoms with Crippen LogP contribution >= 0.6 is 0 Å². The van der Waals surface area contributed by atoms with E-state index in [9.17, 15) is 0 Å². The Kier molecular flexibility index (Phi) is 4.59. The van der Waals surface area contributed by atoms with Crippen molar-refractivity contribution in [1.82, 2.24) is 9.88 Å². The van der Waals surface area contributed by atoms with E-state index in [1.807, 2.05) is 12.3 Å². The van der Waals surface area contributed by atoms with Gasteiger partial charge >= 0.3 is 0 Å². The highest BCUT2D eigenvalue weighted by Gasteiger charge is 2.23. The predicted molar refractivity (Wildman–Crippen MR) is 76.9 cm³/mol. The lowest BCUT2D eigenvalue weighted by atomic mass is 9.90. The Labute approximate surface area is 111 Å². The number of hydrogen-bond donors (Lipinski definition) is 1. The Morgan fingerprint density at radius 1 is 1.44 bits per heavy atom. The number of piperidine rings is 1. The van der Waals surface area contributed by atoms with Crippen molar-refractivity contribution in [2.75, 3.05) is 25.0 Å². The van der Waals surface area contributed by atoms with E-state index in [1.54, 1.807) is 0 Å². The summed E-state index contributed by atoms with van der Waals surface area (Å²) in [6.45, 7) is 10.3. The van der Waals surface area contributed by atoms with Crippen molar-refractivity contribution in [3.8, 4) is 0 Å². The van der Waals surface area contributed by atoms with Crippen LogP contribution in [0, 0.1) is 12.8 Å². The first-order valence-corrected chi connectivity index (χ1v) is 7.11. The quantitative estimate of drug-likeness (QED) is 0.886. The highest BCUT2D eigenvalue weighted by atomic mass is 15.1. The third-order valence-electron chi connectivity index (χ3n) is 4.18. The molecule has 2 rings (SSSR count). The van der Waals surface area contributed by atoms with Gasteiger partial charge in [0.15, 0.2) is 0 Å². The van der Waals surface area contributed by atoms with Crippen molar-refractivity contribution < 1.29 is 0 Å². The largest absolute Gasteiger partial charge is 0.381 e. The molecule has 1 aromatic heterocycles. The SMILES string of the molecule is CCN1CCC(C(C)Nc2cccnc2C)CC1. The number of aromatic nitrogens is 1. The lowest BCUT2D eigenvalue weighted by molar-refractivity contribution is 0.183. The Hall–Kier alpha value is -1.09. The summed E-state index contributed by atoms with van der Waals surface area (Å²) in [5, 5.41) is 3.63. The first-order valence-electron chi connectivity index (χ1n) is 7.11. The van der Waals surface area contributed by atoms with Crippen molar-refractivity contribution >= 4 is 5.69 Å². The summed E-state index contributed by atoms with van der Waals surface area (Å²) in [5.74, 6) is 0.785. The van der Waals surface area contributed by atoms with Gasteiger partial charge in [-0.05, 0) is 64.4 Å². The molecule has 2 heterocycles. The molecular weight excluding hydrogens is 222 g/mol. The molecule has 3 heteroatoms. The molecule has 0 spiro atoms. The van der Waals surface area contributed by atoms with Crippen LogP contribution in [0.15, 0.2) is 18.3 Å². The van der Waals surface area contributed by atoms with Gasteiger partial charge in [0.2, 0.25) is 0 Å². The summed E-state index contributed by atoms with van der Waals surface area (Å²) >= 11 is 0. The van der Waals surface area contributed by atoms with Gasteiger partial charge in [-0.2, -0.15) is 0 Å². The number of nitrogens with one attached hydrogen (secondary N) is 1. The maximum absolute atomic E-state index is 4.33. The maximum Gasteiger partial charge on any atom is 0.0603 e. The minimum atomic E-state index is 0.534. The zero-order valence-electron chi connectivity index (χ0n) is 11.8. The Morgan fingerprint density at radius 2 is 2.17 bits per heavy atom. The van der Waals surface area contributed by atoms with E-state index < -0.39 is 0 Å². The van der Waals surface area contributed by atoms with Crippen LogP contribution in [0.25, 0.3) is 0 Å². The molecule has 1 unspecified atom stereocenters. The molecule has 1 aromatic rings. The number of nitrogens with zero attached hydrogens (tertiary/aromatic N) is 2. The van der Waals surface area contributed by atoms with Gasteiger partial charge in [-0.3, -0.25) is 4.98 Å². The van der Waals surface area contributed by atoms with Crippen molar-refractivity contribution in [3.63, 3.8) is 0 Å². The molecule has 0 radical (unpaired) electrons. The summed E-state index contributed by atoms with van der Waals surface area (Å²) in [6, 6.07) is 4.66. The average molecular weight is 247 g/mol. The van der Waals surface area contributed by atoms with Gasteiger partial charge in [-0.1, -0.05) is 6.92 Å². The Morgan fingerprint density at radius 3 is 2.78 bits per heavy atom. The molecule has 0 aromatic carbocycles. The molecule has 0 amide bonds. The molecule has 0 aliphatic carbocycles. The Balaban J connectivity index is 1.89. The van der Waals surface area contributed by atoms with Gasteiger partial charge in [0.25, 0.3) is 0 Å². The van der Waals surface area contributed by atoms with E-state index in [0.717, 1.165) is 11.6 Å². The lowest BCUT2D eigenvalue weighted by Crippen LogP contribution is -2.39. The van der Waals surface area contributed by atoms with Gasteiger partial charge < -0.3 is 10.2 Å². The van der Waals surface area contributed by atoms with Crippen LogP contribution in [-0.4, -0.2) is 35.6 Å². The number of rotatable bonds is 4. The Bertz CT molecular complexity index is 370. The van der Waals surface area contributed by atoms with Crippen LogP contribution in [0.3, 0.4) is 0 Å². The van der Waals surface area contributed by atoms with Crippen LogP contribution in [-0.2, 0) is 0 Å². The second kappa shape index (κ2) is 6.19. The number of hydrogen-bond acceptors (Lipinski definition) is 3. The summed E-state index contributed by atoms with van der Waals surface area (Å²) in [7, 11) is 0. The molecule has 18 heavy (non-hydrogen) atoms. The fourth-order valence-electron chi connectivity index (χ4n) is 2.77. The van der Waals surface area contributed by atoms with Gasteiger partial charge in [0.05, 0.1) is 11.4 Å². The second-order valence-corrected chi connectivity index (χ2v) is 5.34. The van der Waals surface area contributed by atoms with Crippen molar-refractivity contribution in [3.05, 3.63) is 24.0 Å². The normalized spacial score (nSPS) is 19.7. The van der Waals surface area contributed by atoms with Crippen molar-refractivity contribution in [2.24, 2.45) is 5.92 Å². The molecule has 0 saturated carbocycles. The van der Waals surface area contributed by atoms with Gasteiger partial charge in [0, 0.05) is 12.2 Å². The van der Waals surface area contributed by atoms with E-state index in [0.29, 0.717) is 6.04 Å². The van der Waals surface area contributed by atoms with Crippen molar-refractivity contribution in [2.45, 2.75) is 39.7 Å². The number of likely N-dealkylation sites (tertiary alicyclic amines) is 1. The van der Waals surface area contributed by atoms with E-state index in [4.69, 9.17) is 0 Å². The minimum Gasteiger partial charge on any atom is -0.381 e. The number of aryl methyl sites for hydroxylation is 1. The number of anilines is 1. The molecule has 1 atom stereocenters. The molecular formula is C15H25N3. The molecule has 1 N–H and O–H groups in total. The highest BCUT2D eigenvalue weighted by molar-refractivity contribution is 5.47. The van der Waals surface area contributed by atoms with Crippen LogP contribution in [0.5, 0.6) is 0 Å². The summed E-state index contributed by atoms with van der Waals surface area (Å²) in [6.07, 6.45) is 4.47. The third-order valence-corrected chi connectivity index (χ3v) is 4.18. The molecule has 1 aliphatic rings. The van der Waals surface area contributed by atoms with Crippen LogP contribution in [0.2, 0.25) is 0 Å². The fourth-order valence-corrected chi connectivity index (χ4v) is 2.77. The molecule has 1 fully saturated rings. The lowest BCUT2D eigenvalue weighted by Gasteiger charge is -2.35. The fraction of sp³-hybridized carbons (Fsp3) is 0.667. The molecule has 100 valence electrons. The average Bonchev–Trinajstić information content (AvgIpc) is 2.41. The number of pyridine rings is 1. The zero-order chi connectivity index (χ0) is 13.0. The molecule has 1 aliphatic heterocycles. The zero-order valence-corrected chi connectivity index (χ0v) is 11.8. The first-order chi connectivity index (χ1) is 8.70. The summed E-state index contributed by atoms with van der Waals surface area (Å²) < 4.78 is 0. The smallest absolute Gasteiger partial charge is 0.0603 e. The van der Waals surface area contributed by atoms with Crippen LogP contribution in [0.1, 0.15) is 32.4 Å². The van der Waals surface area contributed by atoms with Crippen molar-refractivity contribution in [1.29, 1.82) is 0 Å². The molecule has 3 nitrogen and oxygen atoms in total. The van der Waals surface area contributed by atoms with Crippen LogP contribution < -0.4 is 5.32 Å².